The molecule has 15 heavy (non-hydrogen) atoms. The number of anilines is 1. The fourth-order valence-electron chi connectivity index (χ4n) is 1.02. The molecular formula is C8H10BrFN2O2S. The van der Waals surface area contributed by atoms with Crippen LogP contribution in [0.15, 0.2) is 21.5 Å². The minimum Gasteiger partial charge on any atom is -0.398 e. The molecule has 1 rings (SSSR count). The third-order valence-corrected chi connectivity index (χ3v) is 3.92. The molecule has 0 heterocycles. The largest absolute Gasteiger partial charge is 0.398 e. The maximum atomic E-state index is 13.3. The van der Waals surface area contributed by atoms with Crippen molar-refractivity contribution in [3.05, 3.63) is 22.4 Å². The lowest BCUT2D eigenvalue weighted by atomic mass is 10.3. The molecule has 0 aliphatic heterocycles. The Morgan fingerprint density at radius 2 is 2.13 bits per heavy atom. The van der Waals surface area contributed by atoms with E-state index in [1.807, 2.05) is 0 Å². The molecule has 0 saturated heterocycles. The predicted octanol–water partition coefficient (Wildman–Crippen LogP) is 1.47. The van der Waals surface area contributed by atoms with Crippen molar-refractivity contribution in [3.8, 4) is 0 Å². The molecular weight excluding hydrogens is 287 g/mol. The normalized spacial score (nSPS) is 11.7. The Kier molecular flexibility index (Phi) is 3.69. The fourth-order valence-corrected chi connectivity index (χ4v) is 2.47. The van der Waals surface area contributed by atoms with Crippen LogP contribution in [-0.4, -0.2) is 15.0 Å². The van der Waals surface area contributed by atoms with E-state index >= 15 is 0 Å². The van der Waals surface area contributed by atoms with Crippen molar-refractivity contribution in [1.29, 1.82) is 0 Å². The average molecular weight is 297 g/mol. The number of sulfonamides is 1. The van der Waals surface area contributed by atoms with Crippen LogP contribution in [0.3, 0.4) is 0 Å². The number of halogens is 2. The third kappa shape index (κ3) is 2.67. The van der Waals surface area contributed by atoms with Crippen LogP contribution in [-0.2, 0) is 10.0 Å². The summed E-state index contributed by atoms with van der Waals surface area (Å²) in [6.07, 6.45) is 0. The topological polar surface area (TPSA) is 72.2 Å². The first-order chi connectivity index (χ1) is 6.88. The minimum atomic E-state index is -3.81. The molecule has 3 N–H and O–H groups in total. The Bertz CT molecular complexity index is 476. The molecule has 0 atom stereocenters. The van der Waals surface area contributed by atoms with Gasteiger partial charge in [0.2, 0.25) is 10.0 Å². The number of hydrogen-bond donors (Lipinski definition) is 2. The molecule has 1 aromatic rings. The van der Waals surface area contributed by atoms with Crippen molar-refractivity contribution in [2.45, 2.75) is 11.8 Å². The smallest absolute Gasteiger partial charge is 0.243 e. The van der Waals surface area contributed by atoms with Gasteiger partial charge in [0.05, 0.1) is 0 Å². The highest BCUT2D eigenvalue weighted by Crippen LogP contribution is 2.25. The summed E-state index contributed by atoms with van der Waals surface area (Å²) in [5, 5.41) is 0. The molecule has 0 fully saturated rings. The van der Waals surface area contributed by atoms with Crippen molar-refractivity contribution in [3.63, 3.8) is 0 Å². The number of hydrogen-bond acceptors (Lipinski definition) is 3. The first-order valence-electron chi connectivity index (χ1n) is 4.12. The lowest BCUT2D eigenvalue weighted by Crippen LogP contribution is -2.24. The van der Waals surface area contributed by atoms with Gasteiger partial charge in [-0.15, -0.1) is 0 Å². The molecule has 0 aromatic heterocycles. The van der Waals surface area contributed by atoms with Crippen molar-refractivity contribution in [2.24, 2.45) is 0 Å². The van der Waals surface area contributed by atoms with Gasteiger partial charge in [-0.2, -0.15) is 0 Å². The summed E-state index contributed by atoms with van der Waals surface area (Å²) in [4.78, 5) is -0.440. The van der Waals surface area contributed by atoms with Gasteiger partial charge in [0.15, 0.2) is 0 Å². The molecule has 84 valence electrons. The summed E-state index contributed by atoms with van der Waals surface area (Å²) in [5.41, 5.74) is 5.65. The van der Waals surface area contributed by atoms with Crippen molar-refractivity contribution < 1.29 is 12.8 Å². The second-order valence-electron chi connectivity index (χ2n) is 2.81. The molecule has 0 radical (unpaired) electrons. The van der Waals surface area contributed by atoms with Gasteiger partial charge in [-0.25, -0.2) is 17.5 Å². The van der Waals surface area contributed by atoms with Crippen LogP contribution in [0.1, 0.15) is 6.92 Å². The van der Waals surface area contributed by atoms with Crippen LogP contribution < -0.4 is 10.5 Å². The lowest BCUT2D eigenvalue weighted by Gasteiger charge is -2.07. The van der Waals surface area contributed by atoms with Gasteiger partial charge in [0.25, 0.3) is 0 Å². The quantitative estimate of drug-likeness (QED) is 0.830. The van der Waals surface area contributed by atoms with Gasteiger partial charge < -0.3 is 5.73 Å². The Morgan fingerprint density at radius 1 is 1.53 bits per heavy atom. The minimum absolute atomic E-state index is 0.174. The molecule has 0 saturated carbocycles. The van der Waals surface area contributed by atoms with Gasteiger partial charge in [0.1, 0.15) is 10.7 Å². The Balaban J connectivity index is 3.33. The maximum absolute atomic E-state index is 13.3. The Morgan fingerprint density at radius 3 is 2.67 bits per heavy atom. The van der Waals surface area contributed by atoms with Crippen LogP contribution in [0.4, 0.5) is 10.1 Å². The number of rotatable bonds is 3. The molecule has 0 unspecified atom stereocenters. The highest BCUT2D eigenvalue weighted by atomic mass is 79.9. The zero-order chi connectivity index (χ0) is 11.6. The Hall–Kier alpha value is -0.660. The number of nitrogens with one attached hydrogen (secondary N) is 1. The van der Waals surface area contributed by atoms with Crippen LogP contribution in [0, 0.1) is 5.82 Å². The summed E-state index contributed by atoms with van der Waals surface area (Å²) in [5.74, 6) is -0.836. The van der Waals surface area contributed by atoms with E-state index in [2.05, 4.69) is 20.7 Å². The van der Waals surface area contributed by atoms with Gasteiger partial charge in [0, 0.05) is 16.7 Å². The van der Waals surface area contributed by atoms with E-state index in [0.29, 0.717) is 4.47 Å². The highest BCUT2D eigenvalue weighted by molar-refractivity contribution is 9.10. The monoisotopic (exact) mass is 296 g/mol. The second kappa shape index (κ2) is 4.46. The summed E-state index contributed by atoms with van der Waals surface area (Å²) in [6.45, 7) is 1.80. The standard InChI is InChI=1S/C8H10BrFN2O2S/c1-2-12-15(13,14)8-4-7(11)5(9)3-6(8)10/h3-4,12H,2,11H2,1H3. The van der Waals surface area contributed by atoms with E-state index < -0.39 is 20.7 Å². The lowest BCUT2D eigenvalue weighted by molar-refractivity contribution is 0.558. The zero-order valence-electron chi connectivity index (χ0n) is 7.92. The summed E-state index contributed by atoms with van der Waals surface area (Å²) < 4.78 is 38.8. The molecule has 0 amide bonds. The van der Waals surface area contributed by atoms with Gasteiger partial charge in [-0.1, -0.05) is 6.92 Å². The second-order valence-corrected chi connectivity index (χ2v) is 5.40. The molecule has 0 aliphatic rings. The van der Waals surface area contributed by atoms with E-state index in [1.165, 1.54) is 0 Å². The van der Waals surface area contributed by atoms with E-state index in [4.69, 9.17) is 5.73 Å². The van der Waals surface area contributed by atoms with E-state index in [1.54, 1.807) is 6.92 Å². The van der Waals surface area contributed by atoms with Crippen LogP contribution in [0.25, 0.3) is 0 Å². The molecule has 1 aromatic carbocycles. The Labute approximate surface area is 95.8 Å². The first-order valence-corrected chi connectivity index (χ1v) is 6.40. The van der Waals surface area contributed by atoms with E-state index in [-0.39, 0.29) is 12.2 Å². The van der Waals surface area contributed by atoms with Gasteiger partial charge >= 0.3 is 0 Å². The summed E-state index contributed by atoms with van der Waals surface area (Å²) in [6, 6.07) is 2.11. The van der Waals surface area contributed by atoms with Crippen LogP contribution >= 0.6 is 15.9 Å². The predicted molar refractivity (Wildman–Crippen MR) is 59.4 cm³/mol. The van der Waals surface area contributed by atoms with Gasteiger partial charge in [-0.05, 0) is 28.1 Å². The number of nitrogens with two attached hydrogens (primary N) is 1. The highest BCUT2D eigenvalue weighted by Gasteiger charge is 2.19. The molecule has 0 spiro atoms. The maximum Gasteiger partial charge on any atom is 0.243 e. The zero-order valence-corrected chi connectivity index (χ0v) is 10.3. The third-order valence-electron chi connectivity index (χ3n) is 1.68. The van der Waals surface area contributed by atoms with Gasteiger partial charge in [-0.3, -0.25) is 0 Å². The van der Waals surface area contributed by atoms with Crippen molar-refractivity contribution >= 4 is 31.6 Å². The fraction of sp³-hybridized carbons (Fsp3) is 0.250. The van der Waals surface area contributed by atoms with Crippen molar-refractivity contribution in [1.82, 2.24) is 4.72 Å². The molecule has 7 heteroatoms. The van der Waals surface area contributed by atoms with Crippen molar-refractivity contribution in [2.75, 3.05) is 12.3 Å². The van der Waals surface area contributed by atoms with E-state index in [9.17, 15) is 12.8 Å². The molecule has 0 bridgehead atoms. The van der Waals surface area contributed by atoms with Crippen LogP contribution in [0.5, 0.6) is 0 Å². The first kappa shape index (κ1) is 12.4. The summed E-state index contributed by atoms with van der Waals surface area (Å²) >= 11 is 3.01. The summed E-state index contributed by atoms with van der Waals surface area (Å²) in [7, 11) is -3.81. The SMILES string of the molecule is CCNS(=O)(=O)c1cc(N)c(Br)cc1F. The molecule has 4 nitrogen and oxygen atoms in total. The molecule has 0 aliphatic carbocycles. The van der Waals surface area contributed by atoms with E-state index in [0.717, 1.165) is 12.1 Å². The number of nitrogen functional groups attached to an aromatic ring is 1. The van der Waals surface area contributed by atoms with Crippen LogP contribution in [0.2, 0.25) is 0 Å². The average Bonchev–Trinajstić information content (AvgIpc) is 2.11. The number of benzene rings is 1.